The van der Waals surface area contributed by atoms with E-state index in [-0.39, 0.29) is 11.2 Å². The van der Waals surface area contributed by atoms with Crippen LogP contribution in [-0.4, -0.2) is 17.8 Å². The first-order valence-corrected chi connectivity index (χ1v) is 10.4. The van der Waals surface area contributed by atoms with E-state index in [1.54, 1.807) is 0 Å². The molecule has 2 spiro atoms. The molecule has 134 valence electrons. The lowest BCUT2D eigenvalue weighted by Gasteiger charge is -2.44. The monoisotopic (exact) mass is 330 g/mol. The first kappa shape index (κ1) is 16.7. The molecule has 2 aliphatic carbocycles. The van der Waals surface area contributed by atoms with E-state index in [9.17, 15) is 0 Å². The van der Waals surface area contributed by atoms with Gasteiger partial charge in [-0.1, -0.05) is 38.7 Å². The lowest BCUT2D eigenvalue weighted by atomic mass is 9.75. The molecule has 3 fully saturated rings. The van der Waals surface area contributed by atoms with Gasteiger partial charge in [0, 0.05) is 12.8 Å². The van der Waals surface area contributed by atoms with Crippen LogP contribution in [-0.2, 0) is 9.47 Å². The zero-order valence-corrected chi connectivity index (χ0v) is 15.4. The van der Waals surface area contributed by atoms with E-state index in [0.717, 1.165) is 25.4 Å². The third-order valence-corrected chi connectivity index (χ3v) is 6.76. The molecule has 0 aromatic heterocycles. The molecule has 0 aromatic carbocycles. The van der Waals surface area contributed by atoms with Crippen LogP contribution in [0.2, 0.25) is 0 Å². The third kappa shape index (κ3) is 3.59. The van der Waals surface area contributed by atoms with Crippen LogP contribution in [0, 0.1) is 5.92 Å². The van der Waals surface area contributed by atoms with Crippen molar-refractivity contribution in [2.24, 2.45) is 5.92 Å². The Balaban J connectivity index is 1.48. The Hall–Kier alpha value is -0.760. The van der Waals surface area contributed by atoms with Gasteiger partial charge in [0.1, 0.15) is 5.60 Å². The molecule has 0 aromatic rings. The molecule has 2 nitrogen and oxygen atoms in total. The van der Waals surface area contributed by atoms with Gasteiger partial charge < -0.3 is 9.47 Å². The van der Waals surface area contributed by atoms with Crippen LogP contribution in [0.15, 0.2) is 23.5 Å². The minimum absolute atomic E-state index is 0.141. The normalized spacial score (nSPS) is 34.1. The van der Waals surface area contributed by atoms with E-state index < -0.39 is 0 Å². The van der Waals surface area contributed by atoms with Crippen molar-refractivity contribution in [2.45, 2.75) is 102 Å². The first-order chi connectivity index (χ1) is 11.7. The first-order valence-electron chi connectivity index (χ1n) is 10.4. The number of hydrogen-bond acceptors (Lipinski definition) is 2. The zero-order valence-electron chi connectivity index (χ0n) is 15.4. The van der Waals surface area contributed by atoms with Gasteiger partial charge in [0.05, 0.1) is 18.0 Å². The molecule has 0 amide bonds. The van der Waals surface area contributed by atoms with Crippen molar-refractivity contribution < 1.29 is 9.47 Å². The molecule has 2 saturated carbocycles. The van der Waals surface area contributed by atoms with Crippen LogP contribution in [0.5, 0.6) is 0 Å². The van der Waals surface area contributed by atoms with Gasteiger partial charge in [0.25, 0.3) is 0 Å². The third-order valence-electron chi connectivity index (χ3n) is 6.76. The van der Waals surface area contributed by atoms with Gasteiger partial charge in [-0.25, -0.2) is 0 Å². The van der Waals surface area contributed by atoms with Crippen molar-refractivity contribution in [2.75, 3.05) is 6.61 Å². The fourth-order valence-corrected chi connectivity index (χ4v) is 5.66. The average molecular weight is 331 g/mol. The van der Waals surface area contributed by atoms with Crippen molar-refractivity contribution in [3.8, 4) is 0 Å². The second-order valence-electron chi connectivity index (χ2n) is 8.98. The number of ether oxygens (including phenoxy) is 2. The van der Waals surface area contributed by atoms with E-state index in [0.29, 0.717) is 0 Å². The van der Waals surface area contributed by atoms with Crippen molar-refractivity contribution in [3.63, 3.8) is 0 Å². The Morgan fingerprint density at radius 1 is 0.958 bits per heavy atom. The molecule has 0 N–H and O–H groups in total. The highest BCUT2D eigenvalue weighted by molar-refractivity contribution is 5.27. The summed E-state index contributed by atoms with van der Waals surface area (Å²) in [6.07, 6.45) is 21.3. The van der Waals surface area contributed by atoms with Crippen molar-refractivity contribution in [3.05, 3.63) is 23.5 Å². The molecule has 2 aliphatic heterocycles. The molecule has 0 bridgehead atoms. The fourth-order valence-electron chi connectivity index (χ4n) is 5.66. The average Bonchev–Trinajstić information content (AvgIpc) is 2.55. The summed E-state index contributed by atoms with van der Waals surface area (Å²) in [7, 11) is 0. The van der Waals surface area contributed by atoms with Gasteiger partial charge in [-0.05, 0) is 62.5 Å². The molecule has 4 rings (SSSR count). The highest BCUT2D eigenvalue weighted by Gasteiger charge is 2.40. The van der Waals surface area contributed by atoms with Gasteiger partial charge in [0.2, 0.25) is 0 Å². The van der Waals surface area contributed by atoms with E-state index >= 15 is 0 Å². The van der Waals surface area contributed by atoms with Crippen LogP contribution in [0.4, 0.5) is 0 Å². The summed E-state index contributed by atoms with van der Waals surface area (Å²) in [5.74, 6) is 2.02. The van der Waals surface area contributed by atoms with Crippen LogP contribution in [0.1, 0.15) is 90.4 Å². The van der Waals surface area contributed by atoms with Crippen molar-refractivity contribution in [1.82, 2.24) is 0 Å². The Morgan fingerprint density at radius 3 is 2.33 bits per heavy atom. The summed E-state index contributed by atoms with van der Waals surface area (Å²) in [6.45, 7) is 3.20. The van der Waals surface area contributed by atoms with Gasteiger partial charge in [-0.15, -0.1) is 0 Å². The highest BCUT2D eigenvalue weighted by Crippen LogP contribution is 2.45. The summed E-state index contributed by atoms with van der Waals surface area (Å²) in [5.41, 5.74) is 1.77. The van der Waals surface area contributed by atoms with Gasteiger partial charge in [0.15, 0.2) is 0 Å². The zero-order chi connectivity index (χ0) is 16.5. The summed E-state index contributed by atoms with van der Waals surface area (Å²) < 4.78 is 12.9. The van der Waals surface area contributed by atoms with Crippen LogP contribution >= 0.6 is 0 Å². The summed E-state index contributed by atoms with van der Waals surface area (Å²) in [4.78, 5) is 0. The van der Waals surface area contributed by atoms with Crippen LogP contribution in [0.25, 0.3) is 0 Å². The second-order valence-corrected chi connectivity index (χ2v) is 8.98. The predicted octanol–water partition coefficient (Wildman–Crippen LogP) is 6.07. The van der Waals surface area contributed by atoms with Gasteiger partial charge in [-0.3, -0.25) is 0 Å². The maximum absolute atomic E-state index is 6.64. The number of hydrogen-bond donors (Lipinski definition) is 0. The fraction of sp³-hybridized carbons (Fsp3) is 0.818. The lowest BCUT2D eigenvalue weighted by Crippen LogP contribution is -2.40. The smallest absolute Gasteiger partial charge is 0.109 e. The van der Waals surface area contributed by atoms with Crippen molar-refractivity contribution >= 4 is 0 Å². The minimum atomic E-state index is 0.141. The summed E-state index contributed by atoms with van der Waals surface area (Å²) in [6, 6.07) is 0. The van der Waals surface area contributed by atoms with E-state index in [2.05, 4.69) is 19.1 Å². The molecule has 4 aliphatic rings. The molecule has 1 unspecified atom stereocenters. The number of allylic oxidation sites excluding steroid dienone is 2. The van der Waals surface area contributed by atoms with E-state index in [1.165, 1.54) is 82.0 Å². The van der Waals surface area contributed by atoms with E-state index in [4.69, 9.17) is 9.47 Å². The lowest BCUT2D eigenvalue weighted by molar-refractivity contribution is -0.0753. The maximum Gasteiger partial charge on any atom is 0.109 e. The topological polar surface area (TPSA) is 18.5 Å². The molecule has 1 saturated heterocycles. The van der Waals surface area contributed by atoms with Crippen molar-refractivity contribution in [1.29, 1.82) is 0 Å². The molecule has 0 radical (unpaired) electrons. The Morgan fingerprint density at radius 2 is 1.62 bits per heavy atom. The van der Waals surface area contributed by atoms with Gasteiger partial charge in [-0.2, -0.15) is 0 Å². The molecule has 2 heteroatoms. The minimum Gasteiger partial charge on any atom is -0.492 e. The summed E-state index contributed by atoms with van der Waals surface area (Å²) >= 11 is 0. The highest BCUT2D eigenvalue weighted by atomic mass is 16.5. The van der Waals surface area contributed by atoms with E-state index in [1.807, 2.05) is 0 Å². The molecular weight excluding hydrogens is 296 g/mol. The number of rotatable bonds is 1. The Labute approximate surface area is 147 Å². The van der Waals surface area contributed by atoms with Crippen LogP contribution < -0.4 is 0 Å². The SMILES string of the molecule is CC1CC(=CC2=CCOC3(CCCCC3)C2)OC2(CCCCC2)C1. The summed E-state index contributed by atoms with van der Waals surface area (Å²) in [5, 5.41) is 0. The molecule has 2 heterocycles. The largest absolute Gasteiger partial charge is 0.492 e. The second kappa shape index (κ2) is 6.86. The quantitative estimate of drug-likeness (QED) is 0.581. The Kier molecular flexibility index (Phi) is 4.77. The molecule has 24 heavy (non-hydrogen) atoms. The molecular formula is C22H34O2. The standard InChI is InChI=1S/C22H34O2/c1-18-14-20(24-22(16-18)11-6-3-7-12-22)15-19-8-13-23-21(17-19)9-4-2-5-10-21/h8,15,18H,2-7,9-14,16-17H2,1H3. The van der Waals surface area contributed by atoms with Gasteiger partial charge >= 0.3 is 0 Å². The predicted molar refractivity (Wildman–Crippen MR) is 97.9 cm³/mol. The maximum atomic E-state index is 6.64. The van der Waals surface area contributed by atoms with Crippen LogP contribution in [0.3, 0.4) is 0 Å². The Bertz CT molecular complexity index is 504. The molecule has 1 atom stereocenters.